The first-order chi connectivity index (χ1) is 17.7. The number of nitrogens with one attached hydrogen (secondary N) is 1. The molecule has 0 heterocycles. The third-order valence-corrected chi connectivity index (χ3v) is 6.81. The number of carbonyl (C=O) groups excluding carboxylic acids is 1. The zero-order chi connectivity index (χ0) is 26.4. The largest absolute Gasteiger partial charge is 0.513 e. The Morgan fingerprint density at radius 3 is 2.41 bits per heavy atom. The van der Waals surface area contributed by atoms with Crippen LogP contribution in [0.4, 0.5) is 10.1 Å². The lowest BCUT2D eigenvalue weighted by Crippen LogP contribution is -2.35. The van der Waals surface area contributed by atoms with Crippen LogP contribution in [0, 0.1) is 15.9 Å². The molecule has 1 unspecified atom stereocenters. The maximum Gasteiger partial charge on any atom is 0.513 e. The van der Waals surface area contributed by atoms with Crippen LogP contribution >= 0.6 is 7.75 Å². The fraction of sp³-hybridized carbons (Fsp3) is 0.115. The summed E-state index contributed by atoms with van der Waals surface area (Å²) in [4.78, 5) is 23.3. The smallest absolute Gasteiger partial charge is 0.460 e. The fourth-order valence-corrected chi connectivity index (χ4v) is 5.01. The number of fused-ring (bicyclic) bond motifs is 1. The van der Waals surface area contributed by atoms with Gasteiger partial charge in [0.15, 0.2) is 0 Å². The van der Waals surface area contributed by atoms with Gasteiger partial charge in [-0.05, 0) is 36.1 Å². The van der Waals surface area contributed by atoms with E-state index < -0.39 is 41.9 Å². The molecule has 11 heteroatoms. The van der Waals surface area contributed by atoms with Gasteiger partial charge in [0.25, 0.3) is 0 Å². The minimum absolute atomic E-state index is 0.0233. The molecule has 0 aliphatic carbocycles. The van der Waals surface area contributed by atoms with Crippen molar-refractivity contribution >= 4 is 30.2 Å². The summed E-state index contributed by atoms with van der Waals surface area (Å²) in [5, 5.41) is 15.3. The number of rotatable bonds is 10. The highest BCUT2D eigenvalue weighted by Crippen LogP contribution is 2.49. The van der Waals surface area contributed by atoms with E-state index in [9.17, 15) is 23.9 Å². The maximum absolute atomic E-state index is 14.0. The van der Waals surface area contributed by atoms with Crippen molar-refractivity contribution in [3.8, 4) is 11.5 Å². The Bertz CT molecular complexity index is 1480. The number of nitro groups is 1. The van der Waals surface area contributed by atoms with Crippen molar-refractivity contribution in [2.45, 2.75) is 19.6 Å². The van der Waals surface area contributed by atoms with Gasteiger partial charge in [0.2, 0.25) is 5.75 Å². The number of ether oxygens (including phenoxy) is 1. The van der Waals surface area contributed by atoms with Crippen LogP contribution in [0.25, 0.3) is 10.8 Å². The summed E-state index contributed by atoms with van der Waals surface area (Å²) in [5.74, 6) is -2.01. The number of hydrogen-bond donors (Lipinski definition) is 1. The van der Waals surface area contributed by atoms with Gasteiger partial charge in [-0.2, -0.15) is 5.09 Å². The first-order valence-electron chi connectivity index (χ1n) is 11.1. The Balaban J connectivity index is 1.63. The zero-order valence-corrected chi connectivity index (χ0v) is 20.5. The summed E-state index contributed by atoms with van der Waals surface area (Å²) < 4.78 is 44.2. The van der Waals surface area contributed by atoms with Crippen LogP contribution < -0.4 is 14.1 Å². The summed E-state index contributed by atoms with van der Waals surface area (Å²) >= 11 is 0. The molecule has 0 aliphatic heterocycles. The van der Waals surface area contributed by atoms with Gasteiger partial charge < -0.3 is 13.8 Å². The molecule has 190 valence electrons. The van der Waals surface area contributed by atoms with Crippen molar-refractivity contribution in [2.75, 3.05) is 0 Å². The molecule has 0 amide bonds. The number of halogens is 1. The van der Waals surface area contributed by atoms with Crippen molar-refractivity contribution in [3.63, 3.8) is 0 Å². The van der Waals surface area contributed by atoms with Crippen molar-refractivity contribution in [1.82, 2.24) is 5.09 Å². The van der Waals surface area contributed by atoms with Gasteiger partial charge in [-0.15, -0.1) is 0 Å². The van der Waals surface area contributed by atoms with Gasteiger partial charge in [-0.3, -0.25) is 14.9 Å². The van der Waals surface area contributed by atoms with E-state index in [-0.39, 0.29) is 12.4 Å². The van der Waals surface area contributed by atoms with Crippen LogP contribution in [0.2, 0.25) is 0 Å². The summed E-state index contributed by atoms with van der Waals surface area (Å²) in [6.07, 6.45) is 0. The minimum atomic E-state index is -4.53. The van der Waals surface area contributed by atoms with Crippen LogP contribution in [0.1, 0.15) is 12.5 Å². The predicted octanol–water partition coefficient (Wildman–Crippen LogP) is 6.17. The molecule has 4 aromatic rings. The van der Waals surface area contributed by atoms with Gasteiger partial charge >= 0.3 is 19.4 Å². The van der Waals surface area contributed by atoms with Crippen molar-refractivity contribution in [1.29, 1.82) is 0 Å². The summed E-state index contributed by atoms with van der Waals surface area (Å²) in [6.45, 7) is 1.36. The van der Waals surface area contributed by atoms with Crippen molar-refractivity contribution < 1.29 is 32.5 Å². The highest BCUT2D eigenvalue weighted by molar-refractivity contribution is 7.52. The van der Waals surface area contributed by atoms with Gasteiger partial charge in [-0.1, -0.05) is 66.7 Å². The highest BCUT2D eigenvalue weighted by Gasteiger charge is 2.36. The number of benzene rings is 4. The maximum atomic E-state index is 14.0. The highest BCUT2D eigenvalue weighted by atomic mass is 31.2. The van der Waals surface area contributed by atoms with Crippen LogP contribution in [-0.2, 0) is 20.7 Å². The monoisotopic (exact) mass is 524 g/mol. The zero-order valence-electron chi connectivity index (χ0n) is 19.6. The molecule has 4 aromatic carbocycles. The first kappa shape index (κ1) is 25.8. The second-order valence-corrected chi connectivity index (χ2v) is 9.59. The van der Waals surface area contributed by atoms with E-state index in [0.29, 0.717) is 11.5 Å². The van der Waals surface area contributed by atoms with E-state index in [4.69, 9.17) is 13.8 Å². The molecule has 2 atom stereocenters. The predicted molar refractivity (Wildman–Crippen MR) is 135 cm³/mol. The van der Waals surface area contributed by atoms with E-state index in [1.165, 1.54) is 13.0 Å². The molecule has 0 saturated heterocycles. The normalized spacial score (nSPS) is 13.4. The third kappa shape index (κ3) is 6.49. The molecule has 0 radical (unpaired) electrons. The van der Waals surface area contributed by atoms with Gasteiger partial charge in [0.1, 0.15) is 24.2 Å². The molecule has 0 aromatic heterocycles. The number of nitrogens with zero attached hydrogens (tertiary/aromatic N) is 1. The van der Waals surface area contributed by atoms with E-state index in [0.717, 1.165) is 23.1 Å². The SMILES string of the molecule is C[C@H](NP(=O)(Oc1ccc(F)cc1[N+](=O)[O-])Oc1cccc2ccccc12)C(=O)OCc1ccccc1. The molecule has 37 heavy (non-hydrogen) atoms. The van der Waals surface area contributed by atoms with E-state index in [2.05, 4.69) is 5.09 Å². The molecular formula is C26H22FN2O7P. The van der Waals surface area contributed by atoms with Crippen molar-refractivity contribution in [2.24, 2.45) is 0 Å². The topological polar surface area (TPSA) is 117 Å². The average Bonchev–Trinajstić information content (AvgIpc) is 2.89. The molecule has 1 N–H and O–H groups in total. The Hall–Kier alpha value is -4.27. The molecule has 0 saturated carbocycles. The summed E-state index contributed by atoms with van der Waals surface area (Å²) in [6, 6.07) is 22.4. The molecule has 9 nitrogen and oxygen atoms in total. The standard InChI is InChI=1S/C26H22FN2O7P/c1-18(26(30)34-17-19-8-3-2-4-9-19)28-37(33,36-25-15-14-21(27)16-23(25)29(31)32)35-24-13-7-11-20-10-5-6-12-22(20)24/h2-16,18H,17H2,1H3,(H,28,33)/t18-,37?/m0/s1. The van der Waals surface area contributed by atoms with Gasteiger partial charge in [0.05, 0.1) is 11.0 Å². The molecule has 0 bridgehead atoms. The van der Waals surface area contributed by atoms with Gasteiger partial charge in [0, 0.05) is 5.39 Å². The van der Waals surface area contributed by atoms with E-state index >= 15 is 0 Å². The molecule has 0 aliphatic rings. The second-order valence-electron chi connectivity index (χ2n) is 7.97. The number of nitro benzene ring substituents is 1. The Morgan fingerprint density at radius 1 is 0.973 bits per heavy atom. The molecule has 0 fully saturated rings. The first-order valence-corrected chi connectivity index (χ1v) is 12.7. The lowest BCUT2D eigenvalue weighted by atomic mass is 10.1. The summed E-state index contributed by atoms with van der Waals surface area (Å²) in [5.41, 5.74) is -0.0146. The van der Waals surface area contributed by atoms with Crippen LogP contribution in [0.3, 0.4) is 0 Å². The van der Waals surface area contributed by atoms with Gasteiger partial charge in [-0.25, -0.2) is 8.96 Å². The average molecular weight is 524 g/mol. The summed E-state index contributed by atoms with van der Waals surface area (Å²) in [7, 11) is -4.53. The van der Waals surface area contributed by atoms with E-state index in [1.54, 1.807) is 42.5 Å². The van der Waals surface area contributed by atoms with Crippen LogP contribution in [0.15, 0.2) is 91.0 Å². The number of carbonyl (C=O) groups is 1. The molecular weight excluding hydrogens is 502 g/mol. The Labute approximate surface area is 211 Å². The Kier molecular flexibility index (Phi) is 7.81. The molecule has 4 rings (SSSR count). The Morgan fingerprint density at radius 2 is 1.65 bits per heavy atom. The fourth-order valence-electron chi connectivity index (χ4n) is 3.46. The number of hydrogen-bond acceptors (Lipinski definition) is 7. The lowest BCUT2D eigenvalue weighted by molar-refractivity contribution is -0.385. The van der Waals surface area contributed by atoms with Crippen molar-refractivity contribution in [3.05, 3.63) is 112 Å². The second kappa shape index (κ2) is 11.2. The minimum Gasteiger partial charge on any atom is -0.460 e. The molecule has 0 spiro atoms. The number of esters is 1. The lowest BCUT2D eigenvalue weighted by Gasteiger charge is -2.23. The van der Waals surface area contributed by atoms with Crippen LogP contribution in [0.5, 0.6) is 11.5 Å². The third-order valence-electron chi connectivity index (χ3n) is 5.23. The quantitative estimate of drug-likeness (QED) is 0.113. The van der Waals surface area contributed by atoms with Crippen LogP contribution in [-0.4, -0.2) is 16.9 Å². The van der Waals surface area contributed by atoms with E-state index in [1.807, 2.05) is 24.3 Å².